The number of aldehydes is 1. The topological polar surface area (TPSA) is 191 Å². The number of carbonyl (C=O) groups excluding carboxylic acids is 1. The Bertz CT molecular complexity index is 1420. The predicted molar refractivity (Wildman–Crippen MR) is 103 cm³/mol. The summed E-state index contributed by atoms with van der Waals surface area (Å²) in [6.45, 7) is 0. The van der Waals surface area contributed by atoms with Crippen LogP contribution in [0.5, 0.6) is 11.5 Å². The van der Waals surface area contributed by atoms with Crippen molar-refractivity contribution < 1.29 is 100 Å². The van der Waals surface area contributed by atoms with Crippen LogP contribution in [0.3, 0.4) is 0 Å². The molecule has 0 aromatic heterocycles. The zero-order valence-corrected chi connectivity index (χ0v) is 22.3. The van der Waals surface area contributed by atoms with Crippen LogP contribution in [0.4, 0.5) is 11.4 Å². The molecule has 0 saturated carbocycles. The van der Waals surface area contributed by atoms with Crippen LogP contribution in [0.1, 0.15) is 10.4 Å². The number of nitrogens with zero attached hydrogens (tertiary/aromatic N) is 2. The van der Waals surface area contributed by atoms with Gasteiger partial charge in [0.05, 0.1) is 16.0 Å². The molecule has 0 radical (unpaired) electrons. The molecular formula is C17H12N2Na2O9S2+2. The minimum Gasteiger partial charge on any atom is -0.507 e. The quantitative estimate of drug-likeness (QED) is 0.123. The van der Waals surface area contributed by atoms with Crippen molar-refractivity contribution in [2.75, 3.05) is 0 Å². The molecule has 0 aliphatic rings. The molecule has 0 heterocycles. The fourth-order valence-corrected chi connectivity index (χ4v) is 3.80. The van der Waals surface area contributed by atoms with Crippen molar-refractivity contribution >= 4 is 48.7 Å². The Labute approximate surface area is 226 Å². The van der Waals surface area contributed by atoms with Gasteiger partial charge in [0.25, 0.3) is 20.2 Å². The maximum Gasteiger partial charge on any atom is 1.00 e. The first-order chi connectivity index (χ1) is 13.9. The normalized spacial score (nSPS) is 11.7. The molecule has 4 N–H and O–H groups in total. The van der Waals surface area contributed by atoms with Gasteiger partial charge in [-0.05, 0) is 41.8 Å². The van der Waals surface area contributed by atoms with Crippen LogP contribution in [0, 0.1) is 0 Å². The number of rotatable bonds is 5. The van der Waals surface area contributed by atoms with Crippen molar-refractivity contribution in [3.63, 3.8) is 0 Å². The number of azo groups is 1. The maximum absolute atomic E-state index is 11.8. The summed E-state index contributed by atoms with van der Waals surface area (Å²) in [4.78, 5) is 8.99. The van der Waals surface area contributed by atoms with E-state index in [9.17, 15) is 36.4 Å². The van der Waals surface area contributed by atoms with Gasteiger partial charge in [-0.2, -0.15) is 21.9 Å². The van der Waals surface area contributed by atoms with Crippen LogP contribution in [-0.4, -0.2) is 42.4 Å². The monoisotopic (exact) mass is 498 g/mol. The van der Waals surface area contributed by atoms with Gasteiger partial charge >= 0.3 is 59.1 Å². The summed E-state index contributed by atoms with van der Waals surface area (Å²) in [7, 11) is -9.74. The van der Waals surface area contributed by atoms with Crippen molar-refractivity contribution in [2.24, 2.45) is 10.2 Å². The van der Waals surface area contributed by atoms with Gasteiger partial charge in [0.1, 0.15) is 22.6 Å². The Hall–Kier alpha value is -1.39. The summed E-state index contributed by atoms with van der Waals surface area (Å²) < 4.78 is 64.9. The van der Waals surface area contributed by atoms with Crippen LogP contribution in [0.15, 0.2) is 62.5 Å². The molecule has 0 amide bonds. The number of aromatic hydroxyl groups is 2. The van der Waals surface area contributed by atoms with E-state index in [1.54, 1.807) is 0 Å². The molecule has 0 fully saturated rings. The second-order valence-electron chi connectivity index (χ2n) is 5.97. The number of hydrogen-bond acceptors (Lipinski definition) is 9. The number of fused-ring (bicyclic) bond motifs is 1. The first-order valence-electron chi connectivity index (χ1n) is 7.86. The average molecular weight is 498 g/mol. The predicted octanol–water partition coefficient (Wildman–Crippen LogP) is -3.02. The molecule has 0 aliphatic heterocycles. The Balaban J connectivity index is 0.00000256. The van der Waals surface area contributed by atoms with Crippen LogP contribution < -0.4 is 59.1 Å². The van der Waals surface area contributed by atoms with Gasteiger partial charge in [-0.25, -0.2) is 0 Å². The van der Waals surface area contributed by atoms with E-state index >= 15 is 0 Å². The van der Waals surface area contributed by atoms with Gasteiger partial charge in [0, 0.05) is 11.6 Å². The first kappa shape index (κ1) is 28.6. The van der Waals surface area contributed by atoms with E-state index in [2.05, 4.69) is 10.2 Å². The zero-order chi connectivity index (χ0) is 22.3. The number of phenols is 2. The number of hydrogen-bond donors (Lipinski definition) is 4. The Morgan fingerprint density at radius 3 is 1.91 bits per heavy atom. The van der Waals surface area contributed by atoms with E-state index in [0.29, 0.717) is 17.9 Å². The molecule has 0 spiro atoms. The molecule has 3 rings (SSSR count). The minimum absolute atomic E-state index is 0. The summed E-state index contributed by atoms with van der Waals surface area (Å²) in [5.41, 5.74) is -0.201. The van der Waals surface area contributed by atoms with Gasteiger partial charge < -0.3 is 10.2 Å². The Morgan fingerprint density at radius 1 is 0.812 bits per heavy atom. The molecule has 11 nitrogen and oxygen atoms in total. The zero-order valence-electron chi connectivity index (χ0n) is 16.7. The van der Waals surface area contributed by atoms with Crippen LogP contribution in [-0.2, 0) is 20.2 Å². The fraction of sp³-hybridized carbons (Fsp3) is 0. The van der Waals surface area contributed by atoms with Crippen LogP contribution in [0.25, 0.3) is 10.8 Å². The molecule has 0 aliphatic carbocycles. The van der Waals surface area contributed by atoms with E-state index in [1.165, 1.54) is 24.3 Å². The second kappa shape index (κ2) is 10.7. The minimum atomic E-state index is -4.98. The van der Waals surface area contributed by atoms with Crippen molar-refractivity contribution in [2.45, 2.75) is 9.79 Å². The molecular weight excluding hydrogens is 486 g/mol. The molecule has 0 saturated heterocycles. The third-order valence-electron chi connectivity index (χ3n) is 3.97. The third-order valence-corrected chi connectivity index (χ3v) is 5.67. The van der Waals surface area contributed by atoms with Gasteiger partial charge in [0.15, 0.2) is 5.75 Å². The van der Waals surface area contributed by atoms with E-state index in [0.717, 1.165) is 12.1 Å². The number of carbonyl (C=O) groups is 1. The first-order valence-corrected chi connectivity index (χ1v) is 10.7. The van der Waals surface area contributed by atoms with Crippen LogP contribution >= 0.6 is 0 Å². The fourth-order valence-electron chi connectivity index (χ4n) is 2.61. The van der Waals surface area contributed by atoms with E-state index in [4.69, 9.17) is 4.55 Å². The SMILES string of the molecule is O=Cc1ccc(N=Nc2c(S(=O)(=O)O)cc3cc(S(=O)(=O)O)cc(O)c3c2O)cc1.[Na+].[Na+]. The molecule has 15 heteroatoms. The summed E-state index contributed by atoms with van der Waals surface area (Å²) in [5, 5.41) is 27.2. The third kappa shape index (κ3) is 6.14. The van der Waals surface area contributed by atoms with E-state index < -0.39 is 47.2 Å². The largest absolute Gasteiger partial charge is 1.00 e. The summed E-state index contributed by atoms with van der Waals surface area (Å²) in [5.74, 6) is -1.71. The molecule has 3 aromatic rings. The molecule has 32 heavy (non-hydrogen) atoms. The van der Waals surface area contributed by atoms with Gasteiger partial charge in [-0.1, -0.05) is 0 Å². The molecule has 156 valence electrons. The molecule has 0 atom stereocenters. The van der Waals surface area contributed by atoms with Gasteiger partial charge in [0.2, 0.25) is 0 Å². The summed E-state index contributed by atoms with van der Waals surface area (Å²) in [6, 6.07) is 7.77. The summed E-state index contributed by atoms with van der Waals surface area (Å²) >= 11 is 0. The number of benzene rings is 3. The number of phenolic OH excluding ortho intramolecular Hbond substituents is 2. The van der Waals surface area contributed by atoms with Crippen molar-refractivity contribution in [1.82, 2.24) is 0 Å². The van der Waals surface area contributed by atoms with Gasteiger partial charge in [-0.15, -0.1) is 5.11 Å². The van der Waals surface area contributed by atoms with Gasteiger partial charge in [-0.3, -0.25) is 13.9 Å². The molecule has 3 aromatic carbocycles. The maximum atomic E-state index is 11.8. The second-order valence-corrected chi connectivity index (χ2v) is 8.78. The molecule has 0 bridgehead atoms. The van der Waals surface area contributed by atoms with Crippen LogP contribution in [0.2, 0.25) is 0 Å². The van der Waals surface area contributed by atoms with E-state index in [1.807, 2.05) is 0 Å². The van der Waals surface area contributed by atoms with E-state index in [-0.39, 0.29) is 75.6 Å². The smallest absolute Gasteiger partial charge is 0.507 e. The standard InChI is InChI=1S/C17H12N2O9S2.2Na/c20-8-9-1-3-11(4-2-9)18-19-16-14(30(26,27)28)6-10-5-12(29(23,24)25)7-13(21)15(10)17(16)22;;/h1-8,21-22H,(H,23,24,25)(H,26,27,28);;/q;2*+1. The summed E-state index contributed by atoms with van der Waals surface area (Å²) in [6.07, 6.45) is 0.593. The molecule has 0 unspecified atom stereocenters. The Kier molecular flexibility index (Phi) is 9.57. The van der Waals surface area contributed by atoms with Crippen molar-refractivity contribution in [1.29, 1.82) is 0 Å². The average Bonchev–Trinajstić information content (AvgIpc) is 2.65. The van der Waals surface area contributed by atoms with Crippen molar-refractivity contribution in [3.05, 3.63) is 48.0 Å². The Morgan fingerprint density at radius 2 is 1.41 bits per heavy atom. The van der Waals surface area contributed by atoms with Crippen molar-refractivity contribution in [3.8, 4) is 11.5 Å².